The second-order valence-corrected chi connectivity index (χ2v) is 7.83. The summed E-state index contributed by atoms with van der Waals surface area (Å²) in [4.78, 5) is 6.91. The quantitative estimate of drug-likeness (QED) is 0.591. The van der Waals surface area contributed by atoms with Crippen molar-refractivity contribution in [2.45, 2.75) is 58.4 Å². The Bertz CT molecular complexity index is 647. The van der Waals surface area contributed by atoms with E-state index in [0.29, 0.717) is 12.6 Å². The van der Waals surface area contributed by atoms with E-state index in [-0.39, 0.29) is 12.2 Å². The molecule has 3 rings (SSSR count). The van der Waals surface area contributed by atoms with Gasteiger partial charge in [0.1, 0.15) is 5.75 Å². The smallest absolute Gasteiger partial charge is 0.191 e. The minimum atomic E-state index is 0.154. The Morgan fingerprint density at radius 3 is 3.00 bits per heavy atom. The number of nitrogens with one attached hydrogen (secondary N) is 2. The first kappa shape index (κ1) is 20.0. The van der Waals surface area contributed by atoms with Crippen LogP contribution in [-0.2, 0) is 11.3 Å². The molecule has 0 saturated carbocycles. The first-order valence-electron chi connectivity index (χ1n) is 10.1. The fourth-order valence-corrected chi connectivity index (χ4v) is 3.79. The summed E-state index contributed by atoms with van der Waals surface area (Å²) in [6, 6.07) is 6.96. The summed E-state index contributed by atoms with van der Waals surface area (Å²) in [5, 5.41) is 6.80. The third-order valence-electron chi connectivity index (χ3n) is 5.21. The number of hydrogen-bond donors (Lipinski definition) is 2. The average molecular weight is 375 g/mol. The van der Waals surface area contributed by atoms with Crippen LogP contribution in [0.25, 0.3) is 0 Å². The summed E-state index contributed by atoms with van der Waals surface area (Å²) in [6.07, 6.45) is 2.95. The van der Waals surface area contributed by atoms with Crippen LogP contribution in [-0.4, -0.2) is 62.4 Å². The van der Waals surface area contributed by atoms with Crippen LogP contribution in [0.4, 0.5) is 0 Å². The van der Waals surface area contributed by atoms with E-state index in [9.17, 15) is 0 Å². The number of morpholine rings is 1. The number of hydrogen-bond acceptors (Lipinski definition) is 4. The second-order valence-electron chi connectivity index (χ2n) is 7.83. The van der Waals surface area contributed by atoms with Gasteiger partial charge in [-0.05, 0) is 51.8 Å². The third kappa shape index (κ3) is 5.59. The molecule has 27 heavy (non-hydrogen) atoms. The third-order valence-corrected chi connectivity index (χ3v) is 5.21. The molecule has 0 amide bonds. The monoisotopic (exact) mass is 374 g/mol. The lowest BCUT2D eigenvalue weighted by Gasteiger charge is -2.35. The molecule has 1 aromatic rings. The highest BCUT2D eigenvalue weighted by molar-refractivity contribution is 5.79. The van der Waals surface area contributed by atoms with E-state index in [2.05, 4.69) is 59.5 Å². The van der Waals surface area contributed by atoms with Gasteiger partial charge in [0.05, 0.1) is 18.8 Å². The van der Waals surface area contributed by atoms with Gasteiger partial charge < -0.3 is 20.1 Å². The van der Waals surface area contributed by atoms with Gasteiger partial charge in [-0.15, -0.1) is 0 Å². The normalized spacial score (nSPS) is 23.4. The molecule has 0 aromatic heterocycles. The number of ether oxygens (including phenoxy) is 2. The Hall–Kier alpha value is -1.79. The molecule has 0 radical (unpaired) electrons. The minimum Gasteiger partial charge on any atom is -0.491 e. The van der Waals surface area contributed by atoms with E-state index < -0.39 is 0 Å². The number of fused-ring (bicyclic) bond motifs is 1. The van der Waals surface area contributed by atoms with Crippen LogP contribution in [0.15, 0.2) is 23.2 Å². The van der Waals surface area contributed by atoms with E-state index in [4.69, 9.17) is 9.47 Å². The maximum atomic E-state index is 6.02. The van der Waals surface area contributed by atoms with Crippen molar-refractivity contribution in [3.05, 3.63) is 29.3 Å². The largest absolute Gasteiger partial charge is 0.491 e. The van der Waals surface area contributed by atoms with Crippen molar-refractivity contribution in [3.8, 4) is 5.75 Å². The number of benzene rings is 1. The molecule has 2 aliphatic heterocycles. The highest BCUT2D eigenvalue weighted by Crippen LogP contribution is 2.23. The van der Waals surface area contributed by atoms with E-state index in [1.807, 2.05) is 0 Å². The van der Waals surface area contributed by atoms with Crippen LogP contribution in [0.2, 0.25) is 0 Å². The molecule has 6 heteroatoms. The van der Waals surface area contributed by atoms with E-state index in [0.717, 1.165) is 37.0 Å². The fraction of sp³-hybridized carbons (Fsp3) is 0.667. The summed E-state index contributed by atoms with van der Waals surface area (Å²) in [5.74, 6) is 1.72. The number of rotatable bonds is 6. The van der Waals surface area contributed by atoms with Crippen molar-refractivity contribution < 1.29 is 9.47 Å². The Labute approximate surface area is 163 Å². The van der Waals surface area contributed by atoms with Gasteiger partial charge in [0.2, 0.25) is 0 Å². The average Bonchev–Trinajstić information content (AvgIpc) is 3.10. The molecule has 2 heterocycles. The van der Waals surface area contributed by atoms with Gasteiger partial charge in [0.25, 0.3) is 0 Å². The molecule has 2 N–H and O–H groups in total. The molecule has 2 atom stereocenters. The van der Waals surface area contributed by atoms with E-state index >= 15 is 0 Å². The predicted molar refractivity (Wildman–Crippen MR) is 109 cm³/mol. The standard InChI is InChI=1S/C21H34N4O2/c1-15(2)27-20-10-16(3)7-8-17(20)11-23-21(22-4)24-12-19-13-25-9-5-6-18(25)14-26-19/h7-8,10,15,18-19H,5-6,9,11-14H2,1-4H3,(H2,22,23,24). The molecule has 0 bridgehead atoms. The van der Waals surface area contributed by atoms with Crippen molar-refractivity contribution in [3.63, 3.8) is 0 Å². The molecule has 2 aliphatic rings. The second kappa shape index (κ2) is 9.42. The van der Waals surface area contributed by atoms with Crippen LogP contribution >= 0.6 is 0 Å². The number of guanidine groups is 1. The molecule has 2 saturated heterocycles. The van der Waals surface area contributed by atoms with Crippen molar-refractivity contribution in [2.24, 2.45) is 4.99 Å². The summed E-state index contributed by atoms with van der Waals surface area (Å²) in [7, 11) is 1.80. The molecule has 6 nitrogen and oxygen atoms in total. The van der Waals surface area contributed by atoms with Gasteiger partial charge in [-0.25, -0.2) is 0 Å². The summed E-state index contributed by atoms with van der Waals surface area (Å²) in [6.45, 7) is 10.7. The van der Waals surface area contributed by atoms with Crippen LogP contribution in [0.1, 0.15) is 37.8 Å². The van der Waals surface area contributed by atoms with E-state index in [1.165, 1.54) is 24.9 Å². The van der Waals surface area contributed by atoms with Gasteiger partial charge in [0, 0.05) is 38.3 Å². The molecule has 2 unspecified atom stereocenters. The maximum absolute atomic E-state index is 6.02. The highest BCUT2D eigenvalue weighted by Gasteiger charge is 2.32. The van der Waals surface area contributed by atoms with Crippen LogP contribution in [0, 0.1) is 6.92 Å². The van der Waals surface area contributed by atoms with Crippen LogP contribution in [0.3, 0.4) is 0 Å². The molecular weight excluding hydrogens is 340 g/mol. The van der Waals surface area contributed by atoms with Crippen molar-refractivity contribution >= 4 is 5.96 Å². The molecule has 0 spiro atoms. The van der Waals surface area contributed by atoms with Crippen molar-refractivity contribution in [1.82, 2.24) is 15.5 Å². The fourth-order valence-electron chi connectivity index (χ4n) is 3.79. The van der Waals surface area contributed by atoms with Gasteiger partial charge in [-0.1, -0.05) is 12.1 Å². The molecule has 150 valence electrons. The van der Waals surface area contributed by atoms with Crippen molar-refractivity contribution in [1.29, 1.82) is 0 Å². The Morgan fingerprint density at radius 1 is 1.37 bits per heavy atom. The van der Waals surface area contributed by atoms with E-state index in [1.54, 1.807) is 7.05 Å². The summed E-state index contributed by atoms with van der Waals surface area (Å²) in [5.41, 5.74) is 2.33. The molecule has 0 aliphatic carbocycles. The minimum absolute atomic E-state index is 0.154. The summed E-state index contributed by atoms with van der Waals surface area (Å²) < 4.78 is 12.0. The maximum Gasteiger partial charge on any atom is 0.191 e. The lowest BCUT2D eigenvalue weighted by atomic mass is 10.1. The number of aliphatic imine (C=N–C) groups is 1. The van der Waals surface area contributed by atoms with Crippen LogP contribution in [0.5, 0.6) is 5.75 Å². The topological polar surface area (TPSA) is 58.1 Å². The van der Waals surface area contributed by atoms with Gasteiger partial charge >= 0.3 is 0 Å². The van der Waals surface area contributed by atoms with Gasteiger partial charge in [0.15, 0.2) is 5.96 Å². The van der Waals surface area contributed by atoms with Crippen LogP contribution < -0.4 is 15.4 Å². The lowest BCUT2D eigenvalue weighted by Crippen LogP contribution is -2.51. The van der Waals surface area contributed by atoms with Crippen molar-refractivity contribution in [2.75, 3.05) is 33.3 Å². The first-order chi connectivity index (χ1) is 13.0. The number of aryl methyl sites for hydroxylation is 1. The number of nitrogens with zero attached hydrogens (tertiary/aromatic N) is 2. The van der Waals surface area contributed by atoms with Gasteiger partial charge in [-0.2, -0.15) is 0 Å². The van der Waals surface area contributed by atoms with Gasteiger partial charge in [-0.3, -0.25) is 9.89 Å². The molecular formula is C21H34N4O2. The lowest BCUT2D eigenvalue weighted by molar-refractivity contribution is -0.0453. The molecule has 2 fully saturated rings. The highest BCUT2D eigenvalue weighted by atomic mass is 16.5. The SMILES string of the molecule is CN=C(NCc1ccc(C)cc1OC(C)C)NCC1CN2CCCC2CO1. The zero-order chi connectivity index (χ0) is 19.2. The Balaban J connectivity index is 1.49. The Kier molecular flexibility index (Phi) is 6.96. The first-order valence-corrected chi connectivity index (χ1v) is 10.1. The summed E-state index contributed by atoms with van der Waals surface area (Å²) >= 11 is 0. The zero-order valence-corrected chi connectivity index (χ0v) is 17.1. The Morgan fingerprint density at radius 2 is 2.22 bits per heavy atom. The predicted octanol–water partition coefficient (Wildman–Crippen LogP) is 2.31. The zero-order valence-electron chi connectivity index (χ0n) is 17.1. The molecule has 1 aromatic carbocycles.